The van der Waals surface area contributed by atoms with Crippen LogP contribution in [-0.4, -0.2) is 35.8 Å². The van der Waals surface area contributed by atoms with Gasteiger partial charge in [0.15, 0.2) is 5.60 Å². The van der Waals surface area contributed by atoms with Crippen LogP contribution in [0.5, 0.6) is 5.75 Å². The number of carbonyl (C=O) groups excluding carboxylic acids is 1. The molecule has 2 aliphatic rings. The van der Waals surface area contributed by atoms with Gasteiger partial charge in [-0.05, 0) is 58.4 Å². The van der Waals surface area contributed by atoms with Crippen molar-refractivity contribution >= 4 is 21.7 Å². The van der Waals surface area contributed by atoms with Gasteiger partial charge < -0.3 is 14.2 Å². The van der Waals surface area contributed by atoms with Gasteiger partial charge in [0.2, 0.25) is 5.78 Å². The second-order valence-electron chi connectivity index (χ2n) is 6.86. The van der Waals surface area contributed by atoms with Crippen molar-refractivity contribution in [3.05, 3.63) is 28.2 Å². The molecule has 2 heterocycles. The molecule has 1 aromatic carbocycles. The molecule has 7 heteroatoms. The van der Waals surface area contributed by atoms with Crippen LogP contribution >= 0.6 is 15.9 Å². The fourth-order valence-corrected chi connectivity index (χ4v) is 3.39. The maximum atomic E-state index is 11.8. The average Bonchev–Trinajstić information content (AvgIpc) is 3.20. The molecule has 0 bridgehead atoms. The maximum Gasteiger partial charge on any atom is 0.387 e. The Kier molecular flexibility index (Phi) is 5.10. The first kappa shape index (κ1) is 19.3. The van der Waals surface area contributed by atoms with Crippen molar-refractivity contribution in [2.45, 2.75) is 58.0 Å². The third kappa shape index (κ3) is 3.63. The zero-order valence-corrected chi connectivity index (χ0v) is 15.9. The van der Waals surface area contributed by atoms with E-state index in [4.69, 9.17) is 9.47 Å². The van der Waals surface area contributed by atoms with E-state index in [2.05, 4.69) is 20.7 Å². The molecular weight excluding hydrogens is 386 g/mol. The molecule has 2 aliphatic heterocycles. The summed E-state index contributed by atoms with van der Waals surface area (Å²) in [5, 5.41) is 0. The molecular formula is C17H21BrF2O4. The Balaban J connectivity index is 0.000000174. The lowest BCUT2D eigenvalue weighted by atomic mass is 9.86. The van der Waals surface area contributed by atoms with E-state index in [-0.39, 0.29) is 11.5 Å². The van der Waals surface area contributed by atoms with Crippen LogP contribution in [0.2, 0.25) is 0 Å². The number of rotatable bonds is 2. The molecule has 24 heavy (non-hydrogen) atoms. The Morgan fingerprint density at radius 2 is 1.83 bits per heavy atom. The number of hydrogen-bond donors (Lipinski definition) is 0. The fraction of sp³-hybridized carbons (Fsp3) is 0.588. The second kappa shape index (κ2) is 6.35. The fourth-order valence-electron chi connectivity index (χ4n) is 2.92. The van der Waals surface area contributed by atoms with Crippen molar-refractivity contribution in [2.24, 2.45) is 0 Å². The molecule has 2 fully saturated rings. The van der Waals surface area contributed by atoms with E-state index in [0.29, 0.717) is 12.2 Å². The smallest absolute Gasteiger partial charge is 0.387 e. The van der Waals surface area contributed by atoms with Gasteiger partial charge in [-0.15, -0.1) is 0 Å². The number of Topliss-reactive ketones (excluding diaryl/α,β-unsaturated/α-hetero) is 1. The van der Waals surface area contributed by atoms with Gasteiger partial charge in [-0.25, -0.2) is 0 Å². The van der Waals surface area contributed by atoms with Gasteiger partial charge in [0, 0.05) is 4.47 Å². The van der Waals surface area contributed by atoms with Crippen molar-refractivity contribution < 1.29 is 27.8 Å². The zero-order chi connectivity index (χ0) is 18.3. The summed E-state index contributed by atoms with van der Waals surface area (Å²) < 4.78 is 39.5. The van der Waals surface area contributed by atoms with Crippen LogP contribution in [0.4, 0.5) is 8.78 Å². The van der Waals surface area contributed by atoms with Crippen LogP contribution in [-0.2, 0) is 14.3 Å². The number of epoxide rings is 1. The minimum absolute atomic E-state index is 0.0833. The Morgan fingerprint density at radius 1 is 1.25 bits per heavy atom. The number of carbonyl (C=O) groups is 1. The molecule has 4 nitrogen and oxygen atoms in total. The topological polar surface area (TPSA) is 48.1 Å². The number of alkyl halides is 2. The van der Waals surface area contributed by atoms with E-state index in [9.17, 15) is 13.6 Å². The predicted molar refractivity (Wildman–Crippen MR) is 88.4 cm³/mol. The third-order valence-electron chi connectivity index (χ3n) is 4.18. The van der Waals surface area contributed by atoms with E-state index in [1.54, 1.807) is 32.9 Å². The first-order chi connectivity index (χ1) is 10.9. The minimum atomic E-state index is -2.76. The van der Waals surface area contributed by atoms with Crippen molar-refractivity contribution in [2.75, 3.05) is 6.61 Å². The molecule has 0 amide bonds. The molecule has 3 rings (SSSR count). The second-order valence-corrected chi connectivity index (χ2v) is 7.77. The third-order valence-corrected chi connectivity index (χ3v) is 4.68. The Labute approximate surface area is 148 Å². The minimum Gasteiger partial charge on any atom is -0.435 e. The highest BCUT2D eigenvalue weighted by Crippen LogP contribution is 2.51. The van der Waals surface area contributed by atoms with Gasteiger partial charge in [-0.2, -0.15) is 8.78 Å². The standard InChI is InChI=1S/C9H14O3.C8H7BrF2O/c1-7(2)6(10)9(5-11-9)8(3,4)12-7;1-5-4-6(9)2-3-7(5)12-8(10)11/h5H2,1-4H3;2-4,8H,1H3. The van der Waals surface area contributed by atoms with Crippen LogP contribution in [0.3, 0.4) is 0 Å². The summed E-state index contributed by atoms with van der Waals surface area (Å²) in [4.78, 5) is 11.8. The Hall–Kier alpha value is -1.05. The van der Waals surface area contributed by atoms with Gasteiger partial charge >= 0.3 is 6.61 Å². The molecule has 1 unspecified atom stereocenters. The van der Waals surface area contributed by atoms with Crippen molar-refractivity contribution in [1.29, 1.82) is 0 Å². The summed E-state index contributed by atoms with van der Waals surface area (Å²) in [5.41, 5.74) is -1.09. The molecule has 134 valence electrons. The summed E-state index contributed by atoms with van der Waals surface area (Å²) in [7, 11) is 0. The summed E-state index contributed by atoms with van der Waals surface area (Å²) in [6, 6.07) is 4.88. The predicted octanol–water partition coefficient (Wildman–Crippen LogP) is 4.27. The van der Waals surface area contributed by atoms with Crippen LogP contribution in [0.15, 0.2) is 22.7 Å². The van der Waals surface area contributed by atoms with Crippen molar-refractivity contribution in [3.8, 4) is 5.75 Å². The average molecular weight is 407 g/mol. The molecule has 1 atom stereocenters. The van der Waals surface area contributed by atoms with Gasteiger partial charge in [-0.1, -0.05) is 15.9 Å². The van der Waals surface area contributed by atoms with E-state index < -0.39 is 23.4 Å². The highest BCUT2D eigenvalue weighted by atomic mass is 79.9. The van der Waals surface area contributed by atoms with E-state index in [0.717, 1.165) is 4.47 Å². The molecule has 0 saturated carbocycles. The maximum absolute atomic E-state index is 11.8. The molecule has 2 saturated heterocycles. The van der Waals surface area contributed by atoms with Gasteiger partial charge in [0.25, 0.3) is 0 Å². The van der Waals surface area contributed by atoms with Crippen molar-refractivity contribution in [1.82, 2.24) is 0 Å². The Morgan fingerprint density at radius 3 is 2.17 bits per heavy atom. The molecule has 0 aliphatic carbocycles. The summed E-state index contributed by atoms with van der Waals surface area (Å²) in [6.07, 6.45) is 0. The monoisotopic (exact) mass is 406 g/mol. The molecule has 0 N–H and O–H groups in total. The van der Waals surface area contributed by atoms with Crippen LogP contribution in [0, 0.1) is 6.92 Å². The van der Waals surface area contributed by atoms with Crippen molar-refractivity contribution in [3.63, 3.8) is 0 Å². The number of ketones is 1. The van der Waals surface area contributed by atoms with Crippen LogP contribution < -0.4 is 4.74 Å². The lowest BCUT2D eigenvalue weighted by Gasteiger charge is -2.23. The first-order valence-electron chi connectivity index (χ1n) is 7.51. The molecule has 0 aromatic heterocycles. The van der Waals surface area contributed by atoms with Crippen LogP contribution in [0.1, 0.15) is 33.3 Å². The van der Waals surface area contributed by atoms with E-state index in [1.807, 2.05) is 13.8 Å². The number of ether oxygens (including phenoxy) is 3. The summed E-state index contributed by atoms with van der Waals surface area (Å²) in [6.45, 7) is 6.88. The highest BCUT2D eigenvalue weighted by Gasteiger charge is 2.72. The molecule has 1 spiro atoms. The van der Waals surface area contributed by atoms with E-state index >= 15 is 0 Å². The molecule has 1 aromatic rings. The molecule has 0 radical (unpaired) electrons. The first-order valence-corrected chi connectivity index (χ1v) is 8.31. The summed E-state index contributed by atoms with van der Waals surface area (Å²) >= 11 is 3.22. The largest absolute Gasteiger partial charge is 0.435 e. The van der Waals surface area contributed by atoms with Gasteiger partial charge in [0.1, 0.15) is 17.0 Å². The SMILES string of the molecule is CC1(C)OC(C)(C)C2(CO2)C1=O.Cc1cc(Br)ccc1OC(F)F. The normalized spacial score (nSPS) is 26.3. The number of halogens is 3. The zero-order valence-electron chi connectivity index (χ0n) is 14.3. The number of hydrogen-bond acceptors (Lipinski definition) is 4. The number of benzene rings is 1. The summed E-state index contributed by atoms with van der Waals surface area (Å²) in [5.74, 6) is 0.299. The van der Waals surface area contributed by atoms with Gasteiger partial charge in [-0.3, -0.25) is 4.79 Å². The lowest BCUT2D eigenvalue weighted by molar-refractivity contribution is -0.132. The quantitative estimate of drug-likeness (QED) is 0.688. The van der Waals surface area contributed by atoms with Crippen LogP contribution in [0.25, 0.3) is 0 Å². The van der Waals surface area contributed by atoms with E-state index in [1.165, 1.54) is 6.07 Å². The number of aryl methyl sites for hydroxylation is 1. The Bertz CT molecular complexity index is 639. The van der Waals surface area contributed by atoms with Gasteiger partial charge in [0.05, 0.1) is 6.61 Å². The lowest BCUT2D eigenvalue weighted by Crippen LogP contribution is -2.40. The highest BCUT2D eigenvalue weighted by molar-refractivity contribution is 9.10.